The number of rotatable bonds is 6. The molecule has 5 heteroatoms. The SMILES string of the molecule is CC#CCOc1ccc(SOC(=O)Cc2ccc(Br)cc2)cc1. The average Bonchev–Trinajstić information content (AvgIpc) is 2.56. The maximum absolute atomic E-state index is 11.8. The Hall–Kier alpha value is -1.90. The molecule has 0 saturated heterocycles. The molecule has 0 aliphatic carbocycles. The van der Waals surface area contributed by atoms with Crippen LogP contribution in [-0.2, 0) is 15.4 Å². The first-order chi connectivity index (χ1) is 11.2. The first-order valence-corrected chi connectivity index (χ1v) is 8.45. The topological polar surface area (TPSA) is 35.5 Å². The lowest BCUT2D eigenvalue weighted by atomic mass is 10.2. The first kappa shape index (κ1) is 17.5. The van der Waals surface area contributed by atoms with Crippen molar-refractivity contribution in [2.75, 3.05) is 6.61 Å². The van der Waals surface area contributed by atoms with E-state index in [1.165, 1.54) is 0 Å². The zero-order valence-corrected chi connectivity index (χ0v) is 14.9. The standard InChI is InChI=1S/C18H15BrO3S/c1-2-3-12-21-16-8-10-17(11-9-16)23-22-18(20)13-14-4-6-15(19)7-5-14/h4-11H,12-13H2,1H3. The molecule has 0 aromatic heterocycles. The fraction of sp³-hybridized carbons (Fsp3) is 0.167. The summed E-state index contributed by atoms with van der Waals surface area (Å²) in [5.41, 5.74) is 0.916. The normalized spacial score (nSPS) is 9.65. The molecule has 0 saturated carbocycles. The fourth-order valence-corrected chi connectivity index (χ4v) is 2.44. The van der Waals surface area contributed by atoms with Gasteiger partial charge in [-0.25, -0.2) is 0 Å². The summed E-state index contributed by atoms with van der Waals surface area (Å²) in [6, 6.07) is 14.9. The molecule has 0 fully saturated rings. The van der Waals surface area contributed by atoms with Gasteiger partial charge in [0.25, 0.3) is 0 Å². The van der Waals surface area contributed by atoms with Crippen LogP contribution in [0.15, 0.2) is 57.9 Å². The average molecular weight is 391 g/mol. The fourth-order valence-electron chi connectivity index (χ4n) is 1.68. The van der Waals surface area contributed by atoms with Gasteiger partial charge in [-0.1, -0.05) is 34.0 Å². The van der Waals surface area contributed by atoms with E-state index in [-0.39, 0.29) is 12.4 Å². The molecular formula is C18H15BrO3S. The monoisotopic (exact) mass is 390 g/mol. The van der Waals surface area contributed by atoms with E-state index in [4.69, 9.17) is 8.92 Å². The van der Waals surface area contributed by atoms with Gasteiger partial charge in [0, 0.05) is 9.37 Å². The van der Waals surface area contributed by atoms with E-state index in [1.807, 2.05) is 48.5 Å². The Morgan fingerprint density at radius 1 is 1.13 bits per heavy atom. The van der Waals surface area contributed by atoms with E-state index in [0.29, 0.717) is 6.61 Å². The molecule has 23 heavy (non-hydrogen) atoms. The summed E-state index contributed by atoms with van der Waals surface area (Å²) < 4.78 is 11.6. The number of ether oxygens (including phenoxy) is 1. The molecule has 2 rings (SSSR count). The molecule has 118 valence electrons. The van der Waals surface area contributed by atoms with Crippen molar-refractivity contribution in [3.63, 3.8) is 0 Å². The Kier molecular flexibility index (Phi) is 7.05. The highest BCUT2D eigenvalue weighted by molar-refractivity contribution is 9.10. The van der Waals surface area contributed by atoms with E-state index in [2.05, 4.69) is 27.8 Å². The Bertz CT molecular complexity index is 700. The molecule has 2 aromatic carbocycles. The van der Waals surface area contributed by atoms with Crippen LogP contribution in [-0.4, -0.2) is 12.6 Å². The lowest BCUT2D eigenvalue weighted by Gasteiger charge is -2.05. The van der Waals surface area contributed by atoms with E-state index in [1.54, 1.807) is 6.92 Å². The van der Waals surface area contributed by atoms with E-state index >= 15 is 0 Å². The Balaban J connectivity index is 1.79. The Morgan fingerprint density at radius 3 is 2.48 bits per heavy atom. The second kappa shape index (κ2) is 9.29. The van der Waals surface area contributed by atoms with Crippen LogP contribution in [0.2, 0.25) is 0 Å². The van der Waals surface area contributed by atoms with Crippen LogP contribution in [0.5, 0.6) is 5.75 Å². The number of hydrogen-bond acceptors (Lipinski definition) is 4. The van der Waals surface area contributed by atoms with Gasteiger partial charge < -0.3 is 8.92 Å². The number of hydrogen-bond donors (Lipinski definition) is 0. The van der Waals surface area contributed by atoms with Crippen molar-refractivity contribution in [3.05, 3.63) is 58.6 Å². The van der Waals surface area contributed by atoms with E-state index < -0.39 is 0 Å². The summed E-state index contributed by atoms with van der Waals surface area (Å²) >= 11 is 4.41. The van der Waals surface area contributed by atoms with Gasteiger partial charge in [-0.15, -0.1) is 5.92 Å². The third-order valence-corrected chi connectivity index (χ3v) is 4.07. The molecule has 0 unspecified atom stereocenters. The zero-order valence-electron chi connectivity index (χ0n) is 12.5. The van der Waals surface area contributed by atoms with Crippen molar-refractivity contribution in [3.8, 4) is 17.6 Å². The molecule has 0 atom stereocenters. The summed E-state index contributed by atoms with van der Waals surface area (Å²) in [5.74, 6) is 6.05. The largest absolute Gasteiger partial charge is 0.481 e. The molecule has 0 radical (unpaired) electrons. The van der Waals surface area contributed by atoms with E-state index in [9.17, 15) is 4.79 Å². The third-order valence-electron chi connectivity index (χ3n) is 2.80. The highest BCUT2D eigenvalue weighted by Gasteiger charge is 2.07. The second-order valence-electron chi connectivity index (χ2n) is 4.53. The van der Waals surface area contributed by atoms with Crippen molar-refractivity contribution in [2.24, 2.45) is 0 Å². The minimum atomic E-state index is -0.282. The third kappa shape index (κ3) is 6.39. The van der Waals surface area contributed by atoms with Crippen LogP contribution in [0.3, 0.4) is 0 Å². The molecular weight excluding hydrogens is 376 g/mol. The highest BCUT2D eigenvalue weighted by atomic mass is 79.9. The summed E-state index contributed by atoms with van der Waals surface area (Å²) in [5, 5.41) is 0. The molecule has 0 bridgehead atoms. The smallest absolute Gasteiger partial charge is 0.322 e. The van der Waals surface area contributed by atoms with Crippen molar-refractivity contribution in [1.29, 1.82) is 0 Å². The Labute approximate surface area is 148 Å². The maximum atomic E-state index is 11.8. The van der Waals surface area contributed by atoms with Gasteiger partial charge in [-0.2, -0.15) is 0 Å². The summed E-state index contributed by atoms with van der Waals surface area (Å²) in [6.07, 6.45) is 0.247. The first-order valence-electron chi connectivity index (χ1n) is 6.91. The van der Waals surface area contributed by atoms with Crippen LogP contribution >= 0.6 is 28.0 Å². The van der Waals surface area contributed by atoms with Gasteiger partial charge in [0.2, 0.25) is 0 Å². The lowest BCUT2D eigenvalue weighted by Crippen LogP contribution is -2.03. The van der Waals surface area contributed by atoms with Gasteiger partial charge in [0.15, 0.2) is 0 Å². The Morgan fingerprint density at radius 2 is 1.83 bits per heavy atom. The predicted octanol–water partition coefficient (Wildman–Crippen LogP) is 4.64. The van der Waals surface area contributed by atoms with Crippen LogP contribution in [0, 0.1) is 11.8 Å². The van der Waals surface area contributed by atoms with E-state index in [0.717, 1.165) is 32.7 Å². The second-order valence-corrected chi connectivity index (χ2v) is 6.25. The van der Waals surface area contributed by atoms with Crippen molar-refractivity contribution in [2.45, 2.75) is 18.2 Å². The maximum Gasteiger partial charge on any atom is 0.322 e. The predicted molar refractivity (Wildman–Crippen MR) is 95.2 cm³/mol. The highest BCUT2D eigenvalue weighted by Crippen LogP contribution is 2.23. The van der Waals surface area contributed by atoms with Gasteiger partial charge in [0.05, 0.1) is 18.5 Å². The van der Waals surface area contributed by atoms with Crippen molar-refractivity contribution in [1.82, 2.24) is 0 Å². The lowest BCUT2D eigenvalue weighted by molar-refractivity contribution is -0.132. The van der Waals surface area contributed by atoms with Gasteiger partial charge in [0.1, 0.15) is 12.4 Å². The van der Waals surface area contributed by atoms with Crippen LogP contribution in [0.25, 0.3) is 0 Å². The van der Waals surface area contributed by atoms with Crippen molar-refractivity contribution < 1.29 is 13.7 Å². The van der Waals surface area contributed by atoms with Crippen molar-refractivity contribution >= 4 is 33.9 Å². The number of carbonyl (C=O) groups is 1. The number of benzene rings is 2. The van der Waals surface area contributed by atoms with Crippen LogP contribution in [0.4, 0.5) is 0 Å². The molecule has 0 heterocycles. The number of halogens is 1. The van der Waals surface area contributed by atoms with Crippen LogP contribution in [0.1, 0.15) is 12.5 Å². The zero-order chi connectivity index (χ0) is 16.5. The summed E-state index contributed by atoms with van der Waals surface area (Å²) in [7, 11) is 0. The quantitative estimate of drug-likeness (QED) is 0.531. The number of carbonyl (C=O) groups excluding carboxylic acids is 1. The van der Waals surface area contributed by atoms with Gasteiger partial charge >= 0.3 is 5.97 Å². The van der Waals surface area contributed by atoms with Gasteiger partial charge in [-0.05, 0) is 48.9 Å². The molecule has 0 aliphatic heterocycles. The minimum absolute atomic E-state index is 0.247. The molecule has 0 amide bonds. The van der Waals surface area contributed by atoms with Gasteiger partial charge in [-0.3, -0.25) is 4.79 Å². The molecule has 2 aromatic rings. The molecule has 0 aliphatic rings. The molecule has 0 spiro atoms. The summed E-state index contributed by atoms with van der Waals surface area (Å²) in [6.45, 7) is 2.14. The molecule has 3 nitrogen and oxygen atoms in total. The molecule has 0 N–H and O–H groups in total. The van der Waals surface area contributed by atoms with Crippen LogP contribution < -0.4 is 4.74 Å². The summed E-state index contributed by atoms with van der Waals surface area (Å²) in [4.78, 5) is 12.7. The minimum Gasteiger partial charge on any atom is -0.481 e.